The van der Waals surface area contributed by atoms with Gasteiger partial charge in [0.2, 0.25) is 0 Å². The number of fused-ring (bicyclic) bond motifs is 6. The van der Waals surface area contributed by atoms with E-state index in [0.717, 1.165) is 24.2 Å². The van der Waals surface area contributed by atoms with Crippen molar-refractivity contribution in [2.75, 3.05) is 0 Å². The number of hydrogen-bond donors (Lipinski definition) is 0. The quantitative estimate of drug-likeness (QED) is 0.226. The van der Waals surface area contributed by atoms with Gasteiger partial charge in [0.25, 0.3) is 0 Å². The molecule has 28 heavy (non-hydrogen) atoms. The Kier molecular flexibility index (Phi) is 3.36. The fraction of sp³-hybridized carbons (Fsp3) is 0.0741. The van der Waals surface area contributed by atoms with Gasteiger partial charge in [-0.05, 0) is 47.6 Å². The van der Waals surface area contributed by atoms with Crippen molar-refractivity contribution in [3.8, 4) is 22.5 Å². The normalized spacial score (nSPS) is 12.7. The zero-order valence-corrected chi connectivity index (χ0v) is 15.5. The van der Waals surface area contributed by atoms with Gasteiger partial charge in [-0.2, -0.15) is 0 Å². The first kappa shape index (κ1) is 15.6. The second-order valence-electron chi connectivity index (χ2n) is 7.47. The van der Waals surface area contributed by atoms with Crippen LogP contribution in [0.5, 0.6) is 0 Å². The van der Waals surface area contributed by atoms with Gasteiger partial charge in [0.15, 0.2) is 0 Å². The molecule has 1 heterocycles. The predicted molar refractivity (Wildman–Crippen MR) is 116 cm³/mol. The molecule has 0 radical (unpaired) electrons. The lowest BCUT2D eigenvalue weighted by Gasteiger charge is -2.17. The Morgan fingerprint density at radius 2 is 1.39 bits per heavy atom. The SMILES string of the molecule is c1ccc(-c2c3c([o+]c4c2ccc2ccccc24)-c2ccccc2CC3)cc1. The topological polar surface area (TPSA) is 11.3 Å². The first-order valence-corrected chi connectivity index (χ1v) is 9.84. The highest BCUT2D eigenvalue weighted by Gasteiger charge is 2.32. The standard InChI is InChI=1S/C27H19O/c1-2-10-20(11-3-1)25-23-16-14-18-8-4-6-12-21(18)26(23)28-27-22-13-7-5-9-19(22)15-17-24(25)27/h1-14,16H,15,17H2/q+1. The molecule has 0 bridgehead atoms. The minimum atomic E-state index is 0.979. The van der Waals surface area contributed by atoms with E-state index in [4.69, 9.17) is 4.42 Å². The van der Waals surface area contributed by atoms with E-state index in [1.165, 1.54) is 44.0 Å². The Morgan fingerprint density at radius 1 is 0.607 bits per heavy atom. The van der Waals surface area contributed by atoms with E-state index in [-0.39, 0.29) is 0 Å². The van der Waals surface area contributed by atoms with Crippen molar-refractivity contribution in [1.82, 2.24) is 0 Å². The number of hydrogen-bond acceptors (Lipinski definition) is 0. The van der Waals surface area contributed by atoms with Crippen LogP contribution in [-0.2, 0) is 12.8 Å². The van der Waals surface area contributed by atoms with Crippen molar-refractivity contribution in [3.05, 3.63) is 102 Å². The number of aryl methyl sites for hydroxylation is 1. The van der Waals surface area contributed by atoms with Crippen molar-refractivity contribution < 1.29 is 4.42 Å². The third-order valence-corrected chi connectivity index (χ3v) is 5.90. The van der Waals surface area contributed by atoms with E-state index in [1.807, 2.05) is 0 Å². The van der Waals surface area contributed by atoms with Crippen LogP contribution in [0.15, 0.2) is 95.4 Å². The summed E-state index contributed by atoms with van der Waals surface area (Å²) in [4.78, 5) is 0. The van der Waals surface area contributed by atoms with Crippen LogP contribution in [0.4, 0.5) is 0 Å². The first-order valence-electron chi connectivity index (χ1n) is 9.84. The summed E-state index contributed by atoms with van der Waals surface area (Å²) in [5, 5.41) is 3.58. The molecule has 0 fully saturated rings. The average Bonchev–Trinajstić information content (AvgIpc) is 2.78. The van der Waals surface area contributed by atoms with Crippen LogP contribution >= 0.6 is 0 Å². The van der Waals surface area contributed by atoms with Crippen molar-refractivity contribution in [1.29, 1.82) is 0 Å². The summed E-state index contributed by atoms with van der Waals surface area (Å²) in [6, 6.07) is 32.3. The van der Waals surface area contributed by atoms with Gasteiger partial charge in [-0.15, -0.1) is 0 Å². The molecule has 0 unspecified atom stereocenters. The smallest absolute Gasteiger partial charge is 0.206 e. The third kappa shape index (κ3) is 2.23. The van der Waals surface area contributed by atoms with Gasteiger partial charge in [-0.25, -0.2) is 4.42 Å². The molecule has 6 rings (SSSR count). The zero-order valence-electron chi connectivity index (χ0n) is 15.5. The lowest BCUT2D eigenvalue weighted by atomic mass is 9.84. The molecule has 1 aromatic heterocycles. The summed E-state index contributed by atoms with van der Waals surface area (Å²) in [7, 11) is 0. The summed E-state index contributed by atoms with van der Waals surface area (Å²) in [5.74, 6) is 1.03. The Hall–Kier alpha value is -3.45. The summed E-state index contributed by atoms with van der Waals surface area (Å²) in [6.07, 6.45) is 2.06. The van der Waals surface area contributed by atoms with Crippen LogP contribution in [0.1, 0.15) is 11.1 Å². The molecule has 0 spiro atoms. The Bertz CT molecular complexity index is 1350. The highest BCUT2D eigenvalue weighted by molar-refractivity contribution is 6.10. The van der Waals surface area contributed by atoms with Gasteiger partial charge >= 0.3 is 11.3 Å². The molecular weight excluding hydrogens is 340 g/mol. The van der Waals surface area contributed by atoms with Gasteiger partial charge in [0.1, 0.15) is 0 Å². The van der Waals surface area contributed by atoms with Gasteiger partial charge < -0.3 is 0 Å². The van der Waals surface area contributed by atoms with Crippen molar-refractivity contribution in [3.63, 3.8) is 0 Å². The van der Waals surface area contributed by atoms with Gasteiger partial charge in [0.05, 0.1) is 21.9 Å². The van der Waals surface area contributed by atoms with Crippen LogP contribution in [0.25, 0.3) is 44.2 Å². The molecule has 0 amide bonds. The maximum absolute atomic E-state index is 6.69. The minimum Gasteiger partial charge on any atom is -0.206 e. The molecule has 0 aliphatic heterocycles. The minimum absolute atomic E-state index is 0.979. The third-order valence-electron chi connectivity index (χ3n) is 5.90. The fourth-order valence-electron chi connectivity index (χ4n) is 4.60. The Labute approximate surface area is 163 Å². The van der Waals surface area contributed by atoms with E-state index in [9.17, 15) is 0 Å². The zero-order chi connectivity index (χ0) is 18.5. The first-order chi connectivity index (χ1) is 13.9. The number of benzene rings is 4. The van der Waals surface area contributed by atoms with E-state index in [2.05, 4.69) is 91.0 Å². The van der Waals surface area contributed by atoms with Crippen LogP contribution in [0.3, 0.4) is 0 Å². The monoisotopic (exact) mass is 359 g/mol. The summed E-state index contributed by atoms with van der Waals surface area (Å²) in [6.45, 7) is 0. The maximum Gasteiger partial charge on any atom is 0.369 e. The van der Waals surface area contributed by atoms with Crippen LogP contribution in [0, 0.1) is 0 Å². The number of rotatable bonds is 1. The van der Waals surface area contributed by atoms with E-state index in [0.29, 0.717) is 0 Å². The molecule has 4 aromatic carbocycles. The molecule has 0 N–H and O–H groups in total. The Morgan fingerprint density at radius 3 is 2.32 bits per heavy atom. The molecular formula is C27H19O+. The molecule has 132 valence electrons. The molecule has 0 saturated carbocycles. The molecule has 1 aliphatic rings. The molecule has 0 atom stereocenters. The predicted octanol–water partition coefficient (Wildman–Crippen LogP) is 7.30. The van der Waals surface area contributed by atoms with Crippen molar-refractivity contribution in [2.24, 2.45) is 0 Å². The second-order valence-corrected chi connectivity index (χ2v) is 7.47. The van der Waals surface area contributed by atoms with Gasteiger partial charge in [-0.1, -0.05) is 72.8 Å². The fourth-order valence-corrected chi connectivity index (χ4v) is 4.60. The molecule has 1 heteroatoms. The summed E-state index contributed by atoms with van der Waals surface area (Å²) >= 11 is 0. The Balaban J connectivity index is 1.82. The largest absolute Gasteiger partial charge is 0.369 e. The summed E-state index contributed by atoms with van der Waals surface area (Å²) < 4.78 is 6.69. The van der Waals surface area contributed by atoms with Crippen LogP contribution in [0.2, 0.25) is 0 Å². The van der Waals surface area contributed by atoms with Crippen molar-refractivity contribution in [2.45, 2.75) is 12.8 Å². The molecule has 5 aromatic rings. The second kappa shape index (κ2) is 6.03. The maximum atomic E-state index is 6.69. The highest BCUT2D eigenvalue weighted by Crippen LogP contribution is 2.44. The van der Waals surface area contributed by atoms with Crippen LogP contribution in [-0.4, -0.2) is 0 Å². The van der Waals surface area contributed by atoms with Crippen molar-refractivity contribution >= 4 is 21.7 Å². The lowest BCUT2D eigenvalue weighted by molar-refractivity contribution is 0.608. The summed E-state index contributed by atoms with van der Waals surface area (Å²) in [5.41, 5.74) is 7.49. The molecule has 1 aliphatic carbocycles. The van der Waals surface area contributed by atoms with Gasteiger partial charge in [0, 0.05) is 5.56 Å². The van der Waals surface area contributed by atoms with E-state index in [1.54, 1.807) is 0 Å². The van der Waals surface area contributed by atoms with E-state index >= 15 is 0 Å². The lowest BCUT2D eigenvalue weighted by Crippen LogP contribution is -2.06. The van der Waals surface area contributed by atoms with E-state index < -0.39 is 0 Å². The van der Waals surface area contributed by atoms with Crippen LogP contribution < -0.4 is 0 Å². The molecule has 1 nitrogen and oxygen atoms in total. The van der Waals surface area contributed by atoms with Gasteiger partial charge in [-0.3, -0.25) is 0 Å². The molecule has 0 saturated heterocycles. The average molecular weight is 359 g/mol. The highest BCUT2D eigenvalue weighted by atomic mass is 16.3.